The smallest absolute Gasteiger partial charge is 0.459 e. The highest BCUT2D eigenvalue weighted by molar-refractivity contribution is 7.52. The molecule has 1 aromatic carbocycles. The second-order valence-corrected chi connectivity index (χ2v) is 12.6. The first-order chi connectivity index (χ1) is 19.7. The van der Waals surface area contributed by atoms with E-state index in [2.05, 4.69) is 15.2 Å². The molecule has 42 heavy (non-hydrogen) atoms. The van der Waals surface area contributed by atoms with E-state index in [4.69, 9.17) is 24.3 Å². The Labute approximate surface area is 242 Å². The lowest BCUT2D eigenvalue weighted by Gasteiger charge is -2.28. The number of nitrogens with zero attached hydrogens (tertiary/aromatic N) is 4. The van der Waals surface area contributed by atoms with E-state index < -0.39 is 50.3 Å². The van der Waals surface area contributed by atoms with Gasteiger partial charge in [-0.05, 0) is 49.1 Å². The normalized spacial score (nSPS) is 24.6. The summed E-state index contributed by atoms with van der Waals surface area (Å²) in [5, 5.41) is 38.6. The van der Waals surface area contributed by atoms with Crippen LogP contribution in [0.15, 0.2) is 42.7 Å². The second kappa shape index (κ2) is 12.0. The van der Waals surface area contributed by atoms with Crippen LogP contribution in [0, 0.1) is 11.3 Å². The summed E-state index contributed by atoms with van der Waals surface area (Å²) < 4.78 is 37.6. The number of hydrogen-bond donors (Lipinski definition) is 4. The molecule has 2 aromatic heterocycles. The Kier molecular flexibility index (Phi) is 8.94. The predicted molar refractivity (Wildman–Crippen MR) is 150 cm³/mol. The van der Waals surface area contributed by atoms with Crippen molar-refractivity contribution < 1.29 is 38.1 Å². The zero-order chi connectivity index (χ0) is 30.9. The number of anilines is 1. The van der Waals surface area contributed by atoms with Gasteiger partial charge in [0.15, 0.2) is 5.82 Å². The number of fused-ring (bicyclic) bond motifs is 1. The fourth-order valence-corrected chi connectivity index (χ4v) is 5.98. The third kappa shape index (κ3) is 6.27. The molecule has 1 aliphatic rings. The van der Waals surface area contributed by atoms with Crippen molar-refractivity contribution in [3.8, 4) is 11.8 Å². The Hall–Kier alpha value is -3.57. The number of esters is 1. The van der Waals surface area contributed by atoms with E-state index >= 15 is 0 Å². The Morgan fingerprint density at radius 2 is 1.98 bits per heavy atom. The van der Waals surface area contributed by atoms with Crippen molar-refractivity contribution in [2.75, 3.05) is 18.9 Å². The minimum absolute atomic E-state index is 0.0903. The maximum Gasteiger partial charge on any atom is 0.459 e. The van der Waals surface area contributed by atoms with Gasteiger partial charge < -0.3 is 29.9 Å². The fraction of sp³-hybridized carbons (Fsp3) is 0.481. The summed E-state index contributed by atoms with van der Waals surface area (Å²) in [7, 11) is -4.43. The molecule has 0 spiro atoms. The third-order valence-electron chi connectivity index (χ3n) is 6.83. The number of aromatic nitrogens is 3. The van der Waals surface area contributed by atoms with E-state index in [1.54, 1.807) is 43.3 Å². The summed E-state index contributed by atoms with van der Waals surface area (Å²) in [4.78, 5) is 16.2. The topological polar surface area (TPSA) is 204 Å². The van der Waals surface area contributed by atoms with Crippen LogP contribution in [-0.2, 0) is 28.8 Å². The lowest BCUT2D eigenvalue weighted by atomic mass is 9.87. The number of ether oxygens (including phenoxy) is 2. The molecule has 3 heterocycles. The summed E-state index contributed by atoms with van der Waals surface area (Å²) in [6.45, 7) is 8.42. The van der Waals surface area contributed by atoms with E-state index in [1.807, 2.05) is 26.8 Å². The molecule has 1 aliphatic heterocycles. The highest BCUT2D eigenvalue weighted by atomic mass is 31.2. The van der Waals surface area contributed by atoms with Gasteiger partial charge in [0.25, 0.3) is 0 Å². The molecule has 0 bridgehead atoms. The van der Waals surface area contributed by atoms with Crippen molar-refractivity contribution in [2.45, 2.75) is 70.0 Å². The SMILES string of the molecule is CCOC(=O)[C@H](C)N[P@@](=O)(OC[C@@]1(C#N)O[C@@H](c2ccc3c(N)ncnn23)[C@H](O)[C@@H]1O)Oc1ccc(C(C)(C)C)cc1. The Bertz CT molecular complexity index is 1520. The van der Waals surface area contributed by atoms with Crippen molar-refractivity contribution in [3.05, 3.63) is 54.0 Å². The predicted octanol–water partition coefficient (Wildman–Crippen LogP) is 2.41. The monoisotopic (exact) mass is 602 g/mol. The molecular formula is C27H35N6O8P. The van der Waals surface area contributed by atoms with Gasteiger partial charge in [-0.25, -0.2) is 14.1 Å². The first kappa shape index (κ1) is 31.4. The fourth-order valence-electron chi connectivity index (χ4n) is 4.46. The van der Waals surface area contributed by atoms with E-state index in [9.17, 15) is 24.8 Å². The molecule has 4 rings (SSSR count). The maximum absolute atomic E-state index is 14.0. The van der Waals surface area contributed by atoms with Gasteiger partial charge in [0.05, 0.1) is 12.3 Å². The molecule has 0 aliphatic carbocycles. The highest BCUT2D eigenvalue weighted by Crippen LogP contribution is 2.48. The van der Waals surface area contributed by atoms with Crippen LogP contribution >= 0.6 is 7.75 Å². The van der Waals surface area contributed by atoms with Crippen LogP contribution in [-0.4, -0.2) is 67.8 Å². The summed E-state index contributed by atoms with van der Waals surface area (Å²) in [5.74, 6) is -0.379. The zero-order valence-corrected chi connectivity index (χ0v) is 24.8. The first-order valence-corrected chi connectivity index (χ1v) is 14.8. The molecule has 0 unspecified atom stereocenters. The van der Waals surface area contributed by atoms with Crippen molar-refractivity contribution in [1.29, 1.82) is 5.26 Å². The van der Waals surface area contributed by atoms with Crippen LogP contribution < -0.4 is 15.3 Å². The lowest BCUT2D eigenvalue weighted by Crippen LogP contribution is -2.46. The summed E-state index contributed by atoms with van der Waals surface area (Å²) in [6, 6.07) is 10.7. The molecule has 15 heteroatoms. The molecule has 1 saturated heterocycles. The maximum atomic E-state index is 14.0. The van der Waals surface area contributed by atoms with Gasteiger partial charge in [-0.15, -0.1) is 0 Å². The van der Waals surface area contributed by atoms with E-state index in [0.29, 0.717) is 5.52 Å². The number of carbonyl (C=O) groups is 1. The first-order valence-electron chi connectivity index (χ1n) is 13.3. The molecule has 226 valence electrons. The van der Waals surface area contributed by atoms with Crippen LogP contribution in [0.3, 0.4) is 0 Å². The summed E-state index contributed by atoms with van der Waals surface area (Å²) in [6.07, 6.45) is -3.42. The second-order valence-electron chi connectivity index (χ2n) is 10.9. The van der Waals surface area contributed by atoms with Crippen LogP contribution in [0.4, 0.5) is 5.82 Å². The standard InChI is InChI=1S/C27H35N6O8P/c1-6-38-25(36)16(2)32-42(37,41-18-9-7-17(8-10-18)26(3,4)5)39-14-27(13-28)23(35)21(34)22(40-27)19-11-12-20-24(29)30-15-31-33(19)20/h7-12,15-16,21-23,34-35H,6,14H2,1-5H3,(H,32,37)(H2,29,30,31)/t16-,21-,22-,23-,27+,42+/m0/s1. The number of nitrogens with two attached hydrogens (primary N) is 1. The minimum Gasteiger partial charge on any atom is -0.465 e. The van der Waals surface area contributed by atoms with Gasteiger partial charge in [0.2, 0.25) is 5.60 Å². The molecule has 1 fully saturated rings. The molecule has 6 atom stereocenters. The average molecular weight is 603 g/mol. The van der Waals surface area contributed by atoms with Crippen LogP contribution in [0.25, 0.3) is 5.52 Å². The van der Waals surface area contributed by atoms with Gasteiger partial charge >= 0.3 is 13.7 Å². The Morgan fingerprint density at radius 1 is 1.29 bits per heavy atom. The van der Waals surface area contributed by atoms with E-state index in [0.717, 1.165) is 5.56 Å². The van der Waals surface area contributed by atoms with Crippen molar-refractivity contribution >= 4 is 25.1 Å². The number of hydrogen-bond acceptors (Lipinski definition) is 12. The lowest BCUT2D eigenvalue weighted by molar-refractivity contribution is -0.144. The van der Waals surface area contributed by atoms with E-state index in [-0.39, 0.29) is 29.3 Å². The number of nitrogen functional groups attached to an aromatic ring is 1. The number of nitrogens with one attached hydrogen (secondary N) is 1. The third-order valence-corrected chi connectivity index (χ3v) is 8.45. The zero-order valence-electron chi connectivity index (χ0n) is 23.9. The van der Waals surface area contributed by atoms with Gasteiger partial charge in [0.1, 0.15) is 54.6 Å². The molecular weight excluding hydrogens is 567 g/mol. The average Bonchev–Trinajstić information content (AvgIpc) is 3.47. The molecule has 0 amide bonds. The van der Waals surface area contributed by atoms with Crippen molar-refractivity contribution in [1.82, 2.24) is 19.7 Å². The largest absolute Gasteiger partial charge is 0.465 e. The van der Waals surface area contributed by atoms with Crippen LogP contribution in [0.1, 0.15) is 52.0 Å². The number of aliphatic hydroxyl groups is 2. The number of aliphatic hydroxyl groups excluding tert-OH is 2. The van der Waals surface area contributed by atoms with Gasteiger partial charge in [-0.2, -0.15) is 15.4 Å². The van der Waals surface area contributed by atoms with Crippen molar-refractivity contribution in [2.24, 2.45) is 0 Å². The highest BCUT2D eigenvalue weighted by Gasteiger charge is 2.57. The molecule has 3 aromatic rings. The van der Waals surface area contributed by atoms with Crippen LogP contribution in [0.2, 0.25) is 0 Å². The quantitative estimate of drug-likeness (QED) is 0.195. The minimum atomic E-state index is -4.43. The molecule has 14 nitrogen and oxygen atoms in total. The molecule has 0 radical (unpaired) electrons. The van der Waals surface area contributed by atoms with Gasteiger partial charge in [-0.3, -0.25) is 9.32 Å². The van der Waals surface area contributed by atoms with Crippen LogP contribution in [0.5, 0.6) is 5.75 Å². The Balaban J connectivity index is 1.61. The van der Waals surface area contributed by atoms with Gasteiger partial charge in [-0.1, -0.05) is 32.9 Å². The molecule has 5 N–H and O–H groups in total. The number of rotatable bonds is 10. The number of carbonyl (C=O) groups excluding carboxylic acids is 1. The molecule has 0 saturated carbocycles. The number of benzene rings is 1. The Morgan fingerprint density at radius 3 is 2.60 bits per heavy atom. The van der Waals surface area contributed by atoms with Crippen molar-refractivity contribution in [3.63, 3.8) is 0 Å². The van der Waals surface area contributed by atoms with E-state index in [1.165, 1.54) is 17.8 Å². The summed E-state index contributed by atoms with van der Waals surface area (Å²) in [5.41, 5.74) is 5.27. The number of nitriles is 1. The summed E-state index contributed by atoms with van der Waals surface area (Å²) >= 11 is 0. The van der Waals surface area contributed by atoms with Gasteiger partial charge in [0, 0.05) is 0 Å².